The molecule has 0 atom stereocenters. The Kier molecular flexibility index (Phi) is 7.42. The molecule has 0 N–H and O–H groups in total. The van der Waals surface area contributed by atoms with Crippen LogP contribution < -0.4 is 0 Å². The van der Waals surface area contributed by atoms with E-state index < -0.39 is 5.97 Å². The first kappa shape index (κ1) is 20.3. The number of halogens is 1. The molecule has 1 aliphatic rings. The fourth-order valence-corrected chi connectivity index (χ4v) is 3.21. The molecular weight excluding hydrogens is 382 g/mol. The summed E-state index contributed by atoms with van der Waals surface area (Å²) in [5.41, 5.74) is 0.779. The van der Waals surface area contributed by atoms with Crippen LogP contribution in [0, 0.1) is 0 Å². The van der Waals surface area contributed by atoms with Crippen LogP contribution in [0.2, 0.25) is 5.02 Å². The van der Waals surface area contributed by atoms with Crippen molar-refractivity contribution in [3.8, 4) is 11.4 Å². The third kappa shape index (κ3) is 6.05. The number of ether oxygens (including phenoxy) is 1. The molecule has 1 amide bonds. The number of amides is 1. The molecule has 150 valence electrons. The Labute approximate surface area is 169 Å². The lowest BCUT2D eigenvalue weighted by molar-refractivity contribution is -0.152. The fourth-order valence-electron chi connectivity index (χ4n) is 3.08. The van der Waals surface area contributed by atoms with Crippen molar-refractivity contribution in [3.05, 3.63) is 35.2 Å². The van der Waals surface area contributed by atoms with Gasteiger partial charge in [0, 0.05) is 30.1 Å². The highest BCUT2D eigenvalue weighted by Crippen LogP contribution is 2.19. The largest absolute Gasteiger partial charge is 0.456 e. The molecule has 2 aromatic rings. The number of aryl methyl sites for hydroxylation is 1. The number of likely N-dealkylation sites (tertiary alicyclic amines) is 1. The number of hydrogen-bond donors (Lipinski definition) is 0. The zero-order valence-corrected chi connectivity index (χ0v) is 16.5. The third-order valence-corrected chi connectivity index (χ3v) is 4.93. The predicted molar refractivity (Wildman–Crippen MR) is 104 cm³/mol. The molecule has 1 aromatic heterocycles. The van der Waals surface area contributed by atoms with Crippen LogP contribution in [0.4, 0.5) is 0 Å². The van der Waals surface area contributed by atoms with Crippen molar-refractivity contribution >= 4 is 23.5 Å². The molecule has 0 radical (unpaired) electrons. The van der Waals surface area contributed by atoms with Crippen LogP contribution in [0.5, 0.6) is 0 Å². The van der Waals surface area contributed by atoms with Crippen LogP contribution in [0.15, 0.2) is 28.8 Å². The van der Waals surface area contributed by atoms with Crippen molar-refractivity contribution in [1.82, 2.24) is 15.0 Å². The summed E-state index contributed by atoms with van der Waals surface area (Å²) in [7, 11) is 0. The number of carbonyl (C=O) groups excluding carboxylic acids is 2. The molecule has 1 fully saturated rings. The number of benzene rings is 1. The number of aromatic nitrogens is 2. The molecule has 1 aromatic carbocycles. The van der Waals surface area contributed by atoms with E-state index in [1.165, 1.54) is 6.42 Å². The Hall–Kier alpha value is -2.41. The van der Waals surface area contributed by atoms with Gasteiger partial charge in [0.25, 0.3) is 5.91 Å². The molecule has 0 unspecified atom stereocenters. The van der Waals surface area contributed by atoms with E-state index in [9.17, 15) is 9.59 Å². The summed E-state index contributed by atoms with van der Waals surface area (Å²) >= 11 is 5.86. The molecule has 1 saturated heterocycles. The van der Waals surface area contributed by atoms with Gasteiger partial charge in [0.15, 0.2) is 6.61 Å². The van der Waals surface area contributed by atoms with Gasteiger partial charge in [-0.3, -0.25) is 9.59 Å². The van der Waals surface area contributed by atoms with Crippen molar-refractivity contribution in [2.45, 2.75) is 44.9 Å². The Balaban J connectivity index is 1.41. The molecule has 0 aliphatic carbocycles. The number of esters is 1. The van der Waals surface area contributed by atoms with Crippen LogP contribution in [-0.4, -0.2) is 46.6 Å². The molecule has 0 spiro atoms. The summed E-state index contributed by atoms with van der Waals surface area (Å²) < 4.78 is 10.3. The van der Waals surface area contributed by atoms with Gasteiger partial charge in [0.1, 0.15) is 0 Å². The minimum Gasteiger partial charge on any atom is -0.456 e. The Morgan fingerprint density at radius 1 is 1.07 bits per heavy atom. The van der Waals surface area contributed by atoms with Crippen LogP contribution in [-0.2, 0) is 20.7 Å². The standard InChI is InChI=1S/C20H24ClN3O4/c21-16-8-6-15(7-9-16)20-22-17(28-23-20)10-11-19(26)27-14-18(25)24-12-4-2-1-3-5-13-24/h6-9H,1-5,10-14H2. The molecule has 2 heterocycles. The maximum absolute atomic E-state index is 12.2. The van der Waals surface area contributed by atoms with E-state index in [-0.39, 0.29) is 25.4 Å². The molecule has 8 heteroatoms. The maximum atomic E-state index is 12.2. The van der Waals surface area contributed by atoms with E-state index >= 15 is 0 Å². The fraction of sp³-hybridized carbons (Fsp3) is 0.500. The maximum Gasteiger partial charge on any atom is 0.306 e. The lowest BCUT2D eigenvalue weighted by atomic mass is 10.1. The van der Waals surface area contributed by atoms with Crippen molar-refractivity contribution in [3.63, 3.8) is 0 Å². The van der Waals surface area contributed by atoms with Gasteiger partial charge in [-0.05, 0) is 37.1 Å². The van der Waals surface area contributed by atoms with E-state index in [4.69, 9.17) is 20.9 Å². The predicted octanol–water partition coefficient (Wildman–Crippen LogP) is 3.66. The zero-order chi connectivity index (χ0) is 19.8. The zero-order valence-electron chi connectivity index (χ0n) is 15.7. The number of hydrogen-bond acceptors (Lipinski definition) is 6. The van der Waals surface area contributed by atoms with Gasteiger partial charge < -0.3 is 14.2 Å². The van der Waals surface area contributed by atoms with E-state index in [0.29, 0.717) is 16.7 Å². The van der Waals surface area contributed by atoms with Gasteiger partial charge in [0.2, 0.25) is 11.7 Å². The first-order valence-electron chi connectivity index (χ1n) is 9.64. The molecule has 3 rings (SSSR count). The highest BCUT2D eigenvalue weighted by Gasteiger charge is 2.17. The third-order valence-electron chi connectivity index (χ3n) is 4.68. The second-order valence-electron chi connectivity index (χ2n) is 6.83. The topological polar surface area (TPSA) is 85.5 Å². The first-order valence-corrected chi connectivity index (χ1v) is 10.0. The summed E-state index contributed by atoms with van der Waals surface area (Å²) in [5, 5.41) is 4.53. The normalized spacial score (nSPS) is 15.0. The average molecular weight is 406 g/mol. The lowest BCUT2D eigenvalue weighted by Crippen LogP contribution is -2.36. The molecule has 7 nitrogen and oxygen atoms in total. The molecular formula is C20H24ClN3O4. The summed E-state index contributed by atoms with van der Waals surface area (Å²) in [4.78, 5) is 30.2. The first-order chi connectivity index (χ1) is 13.6. The van der Waals surface area contributed by atoms with Gasteiger partial charge in [-0.1, -0.05) is 36.0 Å². The van der Waals surface area contributed by atoms with Crippen molar-refractivity contribution < 1.29 is 18.8 Å². The van der Waals surface area contributed by atoms with Gasteiger partial charge in [0.05, 0.1) is 6.42 Å². The highest BCUT2D eigenvalue weighted by atomic mass is 35.5. The Bertz CT molecular complexity index is 783. The van der Waals surface area contributed by atoms with Crippen molar-refractivity contribution in [2.75, 3.05) is 19.7 Å². The molecule has 1 aliphatic heterocycles. The minimum absolute atomic E-state index is 0.0789. The second-order valence-corrected chi connectivity index (χ2v) is 7.26. The van der Waals surface area contributed by atoms with Gasteiger partial charge in [-0.15, -0.1) is 0 Å². The van der Waals surface area contributed by atoms with Gasteiger partial charge >= 0.3 is 5.97 Å². The van der Waals surface area contributed by atoms with Crippen molar-refractivity contribution in [1.29, 1.82) is 0 Å². The SMILES string of the molecule is O=C(CCc1nc(-c2ccc(Cl)cc2)no1)OCC(=O)N1CCCCCCC1. The van der Waals surface area contributed by atoms with E-state index in [1.807, 2.05) is 0 Å². The van der Waals surface area contributed by atoms with Crippen LogP contribution in [0.1, 0.15) is 44.4 Å². The summed E-state index contributed by atoms with van der Waals surface area (Å²) in [6.07, 6.45) is 5.87. The highest BCUT2D eigenvalue weighted by molar-refractivity contribution is 6.30. The smallest absolute Gasteiger partial charge is 0.306 e. The minimum atomic E-state index is -0.452. The lowest BCUT2D eigenvalue weighted by Gasteiger charge is -2.24. The second kappa shape index (κ2) is 10.2. The van der Waals surface area contributed by atoms with E-state index in [1.54, 1.807) is 29.2 Å². The Morgan fingerprint density at radius 2 is 1.75 bits per heavy atom. The number of nitrogens with zero attached hydrogens (tertiary/aromatic N) is 3. The Morgan fingerprint density at radius 3 is 2.46 bits per heavy atom. The summed E-state index contributed by atoms with van der Waals surface area (Å²) in [6.45, 7) is 1.27. The average Bonchev–Trinajstić information content (AvgIpc) is 3.14. The quantitative estimate of drug-likeness (QED) is 0.682. The van der Waals surface area contributed by atoms with Crippen LogP contribution in [0.3, 0.4) is 0 Å². The van der Waals surface area contributed by atoms with E-state index in [0.717, 1.165) is 44.3 Å². The van der Waals surface area contributed by atoms with Gasteiger partial charge in [-0.25, -0.2) is 0 Å². The van der Waals surface area contributed by atoms with Crippen LogP contribution in [0.25, 0.3) is 11.4 Å². The molecule has 0 bridgehead atoms. The van der Waals surface area contributed by atoms with E-state index in [2.05, 4.69) is 10.1 Å². The van der Waals surface area contributed by atoms with Gasteiger partial charge in [-0.2, -0.15) is 4.98 Å². The van der Waals surface area contributed by atoms with Crippen LogP contribution >= 0.6 is 11.6 Å². The summed E-state index contributed by atoms with van der Waals surface area (Å²) in [5.74, 6) is 0.203. The molecule has 28 heavy (non-hydrogen) atoms. The van der Waals surface area contributed by atoms with Crippen molar-refractivity contribution in [2.24, 2.45) is 0 Å². The molecule has 0 saturated carbocycles. The monoisotopic (exact) mass is 405 g/mol. The number of rotatable bonds is 6. The summed E-state index contributed by atoms with van der Waals surface area (Å²) in [6, 6.07) is 7.07. The number of carbonyl (C=O) groups is 2.